The Labute approximate surface area is 155 Å². The summed E-state index contributed by atoms with van der Waals surface area (Å²) in [5.74, 6) is 0.864. The molecule has 2 heterocycles. The first-order valence-electron chi connectivity index (χ1n) is 8.51. The van der Waals surface area contributed by atoms with Crippen LogP contribution in [0.25, 0.3) is 10.1 Å². The summed E-state index contributed by atoms with van der Waals surface area (Å²) in [6.45, 7) is 0.561. The fourth-order valence-corrected chi connectivity index (χ4v) is 4.16. The highest BCUT2D eigenvalue weighted by molar-refractivity contribution is 7.20. The first-order chi connectivity index (χ1) is 12.6. The van der Waals surface area contributed by atoms with Gasteiger partial charge in [0.1, 0.15) is 17.7 Å². The zero-order valence-corrected chi connectivity index (χ0v) is 14.9. The van der Waals surface area contributed by atoms with Crippen LogP contribution in [-0.2, 0) is 6.42 Å². The maximum Gasteiger partial charge on any atom is 0.261 e. The molecule has 4 N–H and O–H groups in total. The molecule has 4 rings (SSSR count). The third-order valence-corrected chi connectivity index (χ3v) is 5.63. The van der Waals surface area contributed by atoms with Gasteiger partial charge in [0, 0.05) is 29.6 Å². The number of nitrogens with one attached hydrogen (secondary N) is 2. The molecule has 2 aromatic carbocycles. The molecule has 0 aliphatic carbocycles. The largest absolute Gasteiger partial charge is 0.490 e. The van der Waals surface area contributed by atoms with Gasteiger partial charge in [0.25, 0.3) is 5.91 Å². The van der Waals surface area contributed by atoms with Crippen molar-refractivity contribution in [1.29, 1.82) is 5.41 Å². The number of carbonyl (C=O) groups is 1. The van der Waals surface area contributed by atoms with Crippen molar-refractivity contribution in [1.82, 2.24) is 5.32 Å². The molecule has 132 valence electrons. The second kappa shape index (κ2) is 6.80. The molecule has 3 aromatic rings. The molecule has 26 heavy (non-hydrogen) atoms. The van der Waals surface area contributed by atoms with E-state index in [0.717, 1.165) is 39.1 Å². The van der Waals surface area contributed by atoms with Crippen molar-refractivity contribution in [2.24, 2.45) is 5.73 Å². The predicted molar refractivity (Wildman–Crippen MR) is 104 cm³/mol. The van der Waals surface area contributed by atoms with E-state index in [-0.39, 0.29) is 17.8 Å². The van der Waals surface area contributed by atoms with Gasteiger partial charge in [0.2, 0.25) is 0 Å². The molecular weight excluding hydrogens is 346 g/mol. The number of ether oxygens (including phenoxy) is 1. The molecule has 0 saturated carbocycles. The molecule has 0 bridgehead atoms. The van der Waals surface area contributed by atoms with Crippen LogP contribution in [0.15, 0.2) is 48.5 Å². The summed E-state index contributed by atoms with van der Waals surface area (Å²) >= 11 is 1.51. The number of nitrogen functional groups attached to an aromatic ring is 1. The van der Waals surface area contributed by atoms with Crippen LogP contribution in [0.2, 0.25) is 0 Å². The molecule has 1 amide bonds. The average molecular weight is 365 g/mol. The van der Waals surface area contributed by atoms with Crippen LogP contribution < -0.4 is 15.8 Å². The van der Waals surface area contributed by atoms with Crippen molar-refractivity contribution < 1.29 is 9.53 Å². The first-order valence-corrected chi connectivity index (χ1v) is 9.32. The van der Waals surface area contributed by atoms with Crippen LogP contribution in [0, 0.1) is 5.41 Å². The Kier molecular flexibility index (Phi) is 4.34. The zero-order chi connectivity index (χ0) is 18.1. The topological polar surface area (TPSA) is 88.2 Å². The molecule has 0 saturated heterocycles. The normalized spacial score (nSPS) is 15.5. The minimum absolute atomic E-state index is 0.0370. The van der Waals surface area contributed by atoms with E-state index in [4.69, 9.17) is 15.9 Å². The van der Waals surface area contributed by atoms with E-state index in [1.54, 1.807) is 6.07 Å². The monoisotopic (exact) mass is 365 g/mol. The molecular formula is C20H19N3O2S. The number of fused-ring (bicyclic) bond motifs is 2. The SMILES string of the molecule is N=C(N)c1ccc2c(c1)CC(CCNC(=O)c1cc3ccccc3s1)O2. The summed E-state index contributed by atoms with van der Waals surface area (Å²) in [6.07, 6.45) is 1.55. The third kappa shape index (κ3) is 3.28. The molecule has 0 fully saturated rings. The predicted octanol–water partition coefficient (Wildman–Crippen LogP) is 3.31. The Balaban J connectivity index is 1.32. The van der Waals surface area contributed by atoms with Crippen LogP contribution in [0.4, 0.5) is 0 Å². The number of thiophene rings is 1. The number of nitrogens with two attached hydrogens (primary N) is 1. The summed E-state index contributed by atoms with van der Waals surface area (Å²) < 4.78 is 7.04. The van der Waals surface area contributed by atoms with Crippen LogP contribution in [-0.4, -0.2) is 24.4 Å². The Bertz CT molecular complexity index is 963. The van der Waals surface area contributed by atoms with E-state index >= 15 is 0 Å². The van der Waals surface area contributed by atoms with Crippen LogP contribution in [0.1, 0.15) is 27.2 Å². The van der Waals surface area contributed by atoms with E-state index in [1.165, 1.54) is 11.3 Å². The molecule has 5 nitrogen and oxygen atoms in total. The fraction of sp³-hybridized carbons (Fsp3) is 0.200. The summed E-state index contributed by atoms with van der Waals surface area (Å²) in [4.78, 5) is 13.1. The maximum absolute atomic E-state index is 12.3. The fourth-order valence-electron chi connectivity index (χ4n) is 3.18. The van der Waals surface area contributed by atoms with Gasteiger partial charge < -0.3 is 15.8 Å². The van der Waals surface area contributed by atoms with Crippen LogP contribution in [0.3, 0.4) is 0 Å². The lowest BCUT2D eigenvalue weighted by atomic mass is 10.0. The Morgan fingerprint density at radius 1 is 1.27 bits per heavy atom. The minimum Gasteiger partial charge on any atom is -0.490 e. The quantitative estimate of drug-likeness (QED) is 0.479. The van der Waals surface area contributed by atoms with Crippen LogP contribution >= 0.6 is 11.3 Å². The Morgan fingerprint density at radius 3 is 2.92 bits per heavy atom. The van der Waals surface area contributed by atoms with Crippen molar-refractivity contribution >= 4 is 33.2 Å². The maximum atomic E-state index is 12.3. The van der Waals surface area contributed by atoms with Crippen molar-refractivity contribution in [3.8, 4) is 5.75 Å². The van der Waals surface area contributed by atoms with E-state index in [9.17, 15) is 4.79 Å². The highest BCUT2D eigenvalue weighted by Crippen LogP contribution is 2.30. The summed E-state index contributed by atoms with van der Waals surface area (Å²) in [7, 11) is 0. The first kappa shape index (κ1) is 16.6. The van der Waals surface area contributed by atoms with E-state index in [2.05, 4.69) is 5.32 Å². The number of benzene rings is 2. The lowest BCUT2D eigenvalue weighted by molar-refractivity contribution is 0.0952. The summed E-state index contributed by atoms with van der Waals surface area (Å²) in [6, 6.07) is 15.5. The van der Waals surface area contributed by atoms with Gasteiger partial charge in [0.15, 0.2) is 0 Å². The van der Waals surface area contributed by atoms with Crippen molar-refractivity contribution in [3.05, 3.63) is 64.5 Å². The van der Waals surface area contributed by atoms with Gasteiger partial charge in [-0.25, -0.2) is 0 Å². The molecule has 1 aromatic heterocycles. The van der Waals surface area contributed by atoms with Crippen molar-refractivity contribution in [3.63, 3.8) is 0 Å². The second-order valence-corrected chi connectivity index (χ2v) is 7.46. The number of rotatable bonds is 5. The number of amides is 1. The van der Waals surface area contributed by atoms with Gasteiger partial charge >= 0.3 is 0 Å². The van der Waals surface area contributed by atoms with E-state index in [1.807, 2.05) is 42.5 Å². The van der Waals surface area contributed by atoms with Crippen molar-refractivity contribution in [2.45, 2.75) is 18.9 Å². The van der Waals surface area contributed by atoms with Gasteiger partial charge in [-0.3, -0.25) is 10.2 Å². The second-order valence-electron chi connectivity index (χ2n) is 6.37. The van der Waals surface area contributed by atoms with E-state index in [0.29, 0.717) is 12.1 Å². The molecule has 1 unspecified atom stereocenters. The lowest BCUT2D eigenvalue weighted by Gasteiger charge is -2.10. The molecule has 0 radical (unpaired) electrons. The highest BCUT2D eigenvalue weighted by Gasteiger charge is 2.23. The van der Waals surface area contributed by atoms with Gasteiger partial charge in [-0.2, -0.15) is 0 Å². The molecule has 1 atom stereocenters. The van der Waals surface area contributed by atoms with Gasteiger partial charge in [-0.1, -0.05) is 18.2 Å². The standard InChI is InChI=1S/C20H19N3O2S/c21-19(22)13-5-6-16-14(9-13)10-15(25-16)7-8-23-20(24)18-11-12-3-1-2-4-17(12)26-18/h1-6,9,11,15H,7-8,10H2,(H3,21,22)(H,23,24). The number of carbonyl (C=O) groups excluding carboxylic acids is 1. The third-order valence-electron chi connectivity index (χ3n) is 4.51. The molecule has 0 spiro atoms. The minimum atomic E-state index is -0.0411. The lowest BCUT2D eigenvalue weighted by Crippen LogP contribution is -2.27. The average Bonchev–Trinajstić information content (AvgIpc) is 3.24. The Hall–Kier alpha value is -2.86. The number of amidine groups is 1. The Morgan fingerprint density at radius 2 is 2.12 bits per heavy atom. The smallest absolute Gasteiger partial charge is 0.261 e. The van der Waals surface area contributed by atoms with E-state index < -0.39 is 0 Å². The number of hydrogen-bond acceptors (Lipinski definition) is 4. The molecule has 6 heteroatoms. The van der Waals surface area contributed by atoms with Crippen LogP contribution in [0.5, 0.6) is 5.75 Å². The summed E-state index contributed by atoms with van der Waals surface area (Å²) in [5, 5.41) is 11.6. The van der Waals surface area contributed by atoms with Gasteiger partial charge in [0.05, 0.1) is 4.88 Å². The highest BCUT2D eigenvalue weighted by atomic mass is 32.1. The molecule has 1 aliphatic heterocycles. The van der Waals surface area contributed by atoms with Crippen molar-refractivity contribution in [2.75, 3.05) is 6.54 Å². The van der Waals surface area contributed by atoms with Gasteiger partial charge in [-0.05, 0) is 41.3 Å². The van der Waals surface area contributed by atoms with Gasteiger partial charge in [-0.15, -0.1) is 11.3 Å². The zero-order valence-electron chi connectivity index (χ0n) is 14.1. The number of hydrogen-bond donors (Lipinski definition) is 3. The molecule has 1 aliphatic rings. The summed E-state index contributed by atoms with van der Waals surface area (Å²) in [5.41, 5.74) is 7.32.